The van der Waals surface area contributed by atoms with Crippen LogP contribution >= 0.6 is 0 Å². The van der Waals surface area contributed by atoms with E-state index in [1.54, 1.807) is 48.5 Å². The predicted octanol–water partition coefficient (Wildman–Crippen LogP) is 2.07. The molecule has 0 aliphatic carbocycles. The summed E-state index contributed by atoms with van der Waals surface area (Å²) in [5, 5.41) is 0. The fourth-order valence-electron chi connectivity index (χ4n) is 2.76. The number of morpholine rings is 1. The quantitative estimate of drug-likeness (QED) is 0.701. The van der Waals surface area contributed by atoms with Crippen LogP contribution in [0.15, 0.2) is 53.4 Å². The van der Waals surface area contributed by atoms with Gasteiger partial charge in [-0.2, -0.15) is 4.31 Å². The second-order valence-electron chi connectivity index (χ2n) is 5.94. The fraction of sp³-hybridized carbons (Fsp3) is 0.316. The maximum atomic E-state index is 12.8. The number of sulfonamides is 1. The number of hydrogen-bond acceptors (Lipinski definition) is 6. The average molecular weight is 391 g/mol. The molecule has 0 amide bonds. The summed E-state index contributed by atoms with van der Waals surface area (Å²) >= 11 is 0. The van der Waals surface area contributed by atoms with Crippen LogP contribution in [0.5, 0.6) is 5.75 Å². The highest BCUT2D eigenvalue weighted by Crippen LogP contribution is 2.22. The van der Waals surface area contributed by atoms with Crippen molar-refractivity contribution in [2.24, 2.45) is 0 Å². The van der Waals surface area contributed by atoms with Crippen molar-refractivity contribution in [3.8, 4) is 5.75 Å². The summed E-state index contributed by atoms with van der Waals surface area (Å²) in [6.07, 6.45) is 0. The van der Waals surface area contributed by atoms with Crippen molar-refractivity contribution in [1.82, 2.24) is 4.31 Å². The van der Waals surface area contributed by atoms with Gasteiger partial charge < -0.3 is 14.2 Å². The zero-order chi connectivity index (χ0) is 19.3. The Balaban J connectivity index is 1.76. The average Bonchev–Trinajstić information content (AvgIpc) is 2.72. The van der Waals surface area contributed by atoms with Gasteiger partial charge in [-0.15, -0.1) is 0 Å². The van der Waals surface area contributed by atoms with Crippen molar-refractivity contribution < 1.29 is 27.4 Å². The van der Waals surface area contributed by atoms with Crippen LogP contribution in [-0.2, 0) is 26.1 Å². The van der Waals surface area contributed by atoms with Gasteiger partial charge in [0, 0.05) is 13.1 Å². The lowest BCUT2D eigenvalue weighted by atomic mass is 10.2. The second kappa shape index (κ2) is 8.51. The summed E-state index contributed by atoms with van der Waals surface area (Å²) in [5.41, 5.74) is 1.00. The Morgan fingerprint density at radius 2 is 1.85 bits per heavy atom. The van der Waals surface area contributed by atoms with Gasteiger partial charge in [0.05, 0.1) is 25.2 Å². The Kier molecular flexibility index (Phi) is 6.10. The molecule has 0 saturated carbocycles. The number of esters is 1. The first kappa shape index (κ1) is 19.3. The Bertz CT molecular complexity index is 906. The molecule has 0 bridgehead atoms. The number of para-hydroxylation sites is 1. The molecule has 1 aliphatic rings. The molecule has 0 aromatic heterocycles. The minimum Gasteiger partial charge on any atom is -0.488 e. The third kappa shape index (κ3) is 4.47. The summed E-state index contributed by atoms with van der Waals surface area (Å²) in [7, 11) is -2.26. The molecule has 8 heteroatoms. The number of carbonyl (C=O) groups is 1. The van der Waals surface area contributed by atoms with Gasteiger partial charge in [-0.25, -0.2) is 13.2 Å². The van der Waals surface area contributed by atoms with E-state index in [1.807, 2.05) is 0 Å². The lowest BCUT2D eigenvalue weighted by molar-refractivity contribution is 0.0595. The number of ether oxygens (including phenoxy) is 3. The van der Waals surface area contributed by atoms with E-state index in [4.69, 9.17) is 14.2 Å². The first-order valence-electron chi connectivity index (χ1n) is 8.49. The first-order valence-corrected chi connectivity index (χ1v) is 9.93. The lowest BCUT2D eigenvalue weighted by Gasteiger charge is -2.26. The van der Waals surface area contributed by atoms with Crippen LogP contribution in [0.25, 0.3) is 0 Å². The van der Waals surface area contributed by atoms with Gasteiger partial charge in [0.2, 0.25) is 10.0 Å². The Labute approximate surface area is 158 Å². The summed E-state index contributed by atoms with van der Waals surface area (Å²) in [6, 6.07) is 13.4. The molecular weight excluding hydrogens is 370 g/mol. The third-order valence-electron chi connectivity index (χ3n) is 4.19. The molecule has 2 aromatic carbocycles. The topological polar surface area (TPSA) is 82.1 Å². The normalized spacial score (nSPS) is 15.3. The molecule has 0 atom stereocenters. The smallest absolute Gasteiger partial charge is 0.341 e. The number of hydrogen-bond donors (Lipinski definition) is 0. The molecule has 2 aromatic rings. The minimum absolute atomic E-state index is 0.125. The summed E-state index contributed by atoms with van der Waals surface area (Å²) < 4.78 is 42.6. The van der Waals surface area contributed by atoms with Crippen molar-refractivity contribution in [3.63, 3.8) is 0 Å². The molecule has 1 heterocycles. The molecule has 3 rings (SSSR count). The van der Waals surface area contributed by atoms with Gasteiger partial charge in [0.25, 0.3) is 0 Å². The zero-order valence-corrected chi connectivity index (χ0v) is 15.8. The summed E-state index contributed by atoms with van der Waals surface area (Å²) in [6.45, 7) is 1.60. The van der Waals surface area contributed by atoms with Crippen molar-refractivity contribution in [3.05, 3.63) is 59.7 Å². The molecule has 1 saturated heterocycles. The van der Waals surface area contributed by atoms with E-state index in [0.717, 1.165) is 0 Å². The fourth-order valence-corrected chi connectivity index (χ4v) is 4.24. The molecule has 0 spiro atoms. The maximum Gasteiger partial charge on any atom is 0.341 e. The molecular formula is C19H21NO6S. The van der Waals surface area contributed by atoms with Crippen LogP contribution in [0.3, 0.4) is 0 Å². The van der Waals surface area contributed by atoms with Gasteiger partial charge in [-0.1, -0.05) is 24.3 Å². The van der Waals surface area contributed by atoms with Crippen molar-refractivity contribution in [1.29, 1.82) is 0 Å². The SMILES string of the molecule is COC(=O)c1ccccc1OCc1cccc(S(=O)(=O)N2CCOCC2)c1. The van der Waals surface area contributed by atoms with E-state index in [1.165, 1.54) is 11.4 Å². The van der Waals surface area contributed by atoms with E-state index in [9.17, 15) is 13.2 Å². The Hall–Kier alpha value is -2.42. The molecule has 0 radical (unpaired) electrons. The summed E-state index contributed by atoms with van der Waals surface area (Å²) in [5.74, 6) is -0.111. The third-order valence-corrected chi connectivity index (χ3v) is 6.09. The van der Waals surface area contributed by atoms with Crippen LogP contribution in [0.4, 0.5) is 0 Å². The van der Waals surface area contributed by atoms with Crippen LogP contribution in [-0.4, -0.2) is 52.1 Å². The van der Waals surface area contributed by atoms with Gasteiger partial charge in [0.15, 0.2) is 0 Å². The first-order chi connectivity index (χ1) is 13.0. The van der Waals surface area contributed by atoms with Crippen LogP contribution in [0.1, 0.15) is 15.9 Å². The molecule has 1 aliphatic heterocycles. The van der Waals surface area contributed by atoms with Gasteiger partial charge in [0.1, 0.15) is 17.9 Å². The number of rotatable bonds is 6. The number of benzene rings is 2. The number of nitrogens with zero attached hydrogens (tertiary/aromatic N) is 1. The predicted molar refractivity (Wildman–Crippen MR) is 98.1 cm³/mol. The monoisotopic (exact) mass is 391 g/mol. The van der Waals surface area contributed by atoms with E-state index < -0.39 is 16.0 Å². The molecule has 27 heavy (non-hydrogen) atoms. The highest BCUT2D eigenvalue weighted by Gasteiger charge is 2.26. The van der Waals surface area contributed by atoms with Crippen molar-refractivity contribution in [2.75, 3.05) is 33.4 Å². The van der Waals surface area contributed by atoms with Crippen LogP contribution < -0.4 is 4.74 Å². The molecule has 1 fully saturated rings. The van der Waals surface area contributed by atoms with E-state index in [0.29, 0.717) is 43.2 Å². The lowest BCUT2D eigenvalue weighted by Crippen LogP contribution is -2.40. The van der Waals surface area contributed by atoms with Crippen LogP contribution in [0, 0.1) is 0 Å². The standard InChI is InChI=1S/C19H21NO6S/c1-24-19(21)17-7-2-3-8-18(17)26-14-15-5-4-6-16(13-15)27(22,23)20-9-11-25-12-10-20/h2-8,13H,9-12,14H2,1H3. The minimum atomic E-state index is -3.57. The maximum absolute atomic E-state index is 12.8. The molecule has 0 N–H and O–H groups in total. The summed E-state index contributed by atoms with van der Waals surface area (Å²) in [4.78, 5) is 12.0. The Morgan fingerprint density at radius 1 is 1.11 bits per heavy atom. The largest absolute Gasteiger partial charge is 0.488 e. The number of carbonyl (C=O) groups excluding carboxylic acids is 1. The molecule has 7 nitrogen and oxygen atoms in total. The zero-order valence-electron chi connectivity index (χ0n) is 15.0. The molecule has 144 valence electrons. The van der Waals surface area contributed by atoms with E-state index in [-0.39, 0.29) is 11.5 Å². The van der Waals surface area contributed by atoms with Gasteiger partial charge in [-0.3, -0.25) is 0 Å². The van der Waals surface area contributed by atoms with E-state index in [2.05, 4.69) is 0 Å². The van der Waals surface area contributed by atoms with Gasteiger partial charge >= 0.3 is 5.97 Å². The van der Waals surface area contributed by atoms with Crippen molar-refractivity contribution in [2.45, 2.75) is 11.5 Å². The highest BCUT2D eigenvalue weighted by molar-refractivity contribution is 7.89. The Morgan fingerprint density at radius 3 is 2.59 bits per heavy atom. The van der Waals surface area contributed by atoms with Crippen molar-refractivity contribution >= 4 is 16.0 Å². The van der Waals surface area contributed by atoms with E-state index >= 15 is 0 Å². The molecule has 0 unspecified atom stereocenters. The van der Waals surface area contributed by atoms with Gasteiger partial charge in [-0.05, 0) is 29.8 Å². The van der Waals surface area contributed by atoms with Crippen LogP contribution in [0.2, 0.25) is 0 Å². The second-order valence-corrected chi connectivity index (χ2v) is 7.88. The highest BCUT2D eigenvalue weighted by atomic mass is 32.2. The number of methoxy groups -OCH3 is 1.